The number of unbranched alkanes of at least 4 members (excludes halogenated alkanes) is 1. The Balaban J connectivity index is 2.57. The zero-order chi connectivity index (χ0) is 22.2. The highest BCUT2D eigenvalue weighted by Crippen LogP contribution is 2.10. The quantitative estimate of drug-likeness (QED) is 0.111. The second-order valence-corrected chi connectivity index (χ2v) is 8.54. The van der Waals surface area contributed by atoms with Crippen molar-refractivity contribution >= 4 is 21.9 Å². The first-order valence-corrected chi connectivity index (χ1v) is 11.7. The Morgan fingerprint density at radius 3 is 2.37 bits per heavy atom. The molecule has 9 N–H and O–H groups in total. The number of guanidine groups is 1. The Bertz CT molecular complexity index is 738. The van der Waals surface area contributed by atoms with Gasteiger partial charge in [0.15, 0.2) is 5.96 Å². The van der Waals surface area contributed by atoms with Gasteiger partial charge in [0.05, 0.1) is 4.90 Å². The Labute approximate surface area is 179 Å². The lowest BCUT2D eigenvalue weighted by atomic mass is 10.1. The molecule has 0 bridgehead atoms. The highest BCUT2D eigenvalue weighted by Gasteiger charge is 2.25. The molecule has 0 radical (unpaired) electrons. The Hall–Kier alpha value is -2.21. The standard InChI is InChI=1S/C19H35N7O3S/c20-11-4-5-12-23-13-7-15-24-18(27)17(10-6-14-25-19(21)22)26-30(28,29)16-8-2-1-3-9-16/h1-3,8-9,17,23,26H,4-7,10-15,20H2,(H,24,27)(H4,21,22,25)/t17-/m0/s1. The molecule has 30 heavy (non-hydrogen) atoms. The SMILES string of the molecule is NCCCCNCCCNC(=O)[C@H](CCCN=C(N)N)NS(=O)(=O)c1ccccc1. The summed E-state index contributed by atoms with van der Waals surface area (Å²) in [5, 5.41) is 6.08. The average molecular weight is 442 g/mol. The minimum absolute atomic E-state index is 0.0418. The van der Waals surface area contributed by atoms with E-state index in [1.807, 2.05) is 0 Å². The molecule has 0 spiro atoms. The first-order chi connectivity index (χ1) is 14.4. The summed E-state index contributed by atoms with van der Waals surface area (Å²) in [7, 11) is -3.82. The number of carbonyl (C=O) groups is 1. The predicted molar refractivity (Wildman–Crippen MR) is 119 cm³/mol. The van der Waals surface area contributed by atoms with Crippen molar-refractivity contribution < 1.29 is 13.2 Å². The monoisotopic (exact) mass is 441 g/mol. The van der Waals surface area contributed by atoms with Gasteiger partial charge in [0, 0.05) is 13.1 Å². The molecule has 1 aromatic carbocycles. The van der Waals surface area contributed by atoms with E-state index in [2.05, 4.69) is 20.3 Å². The fourth-order valence-electron chi connectivity index (χ4n) is 2.67. The Morgan fingerprint density at radius 1 is 1.00 bits per heavy atom. The topological polar surface area (TPSA) is 178 Å². The molecule has 0 unspecified atom stereocenters. The summed E-state index contributed by atoms with van der Waals surface area (Å²) in [4.78, 5) is 16.6. The van der Waals surface area contributed by atoms with E-state index in [0.717, 1.165) is 32.4 Å². The van der Waals surface area contributed by atoms with Crippen molar-refractivity contribution in [2.75, 3.05) is 32.7 Å². The summed E-state index contributed by atoms with van der Waals surface area (Å²) < 4.78 is 27.7. The fraction of sp³-hybridized carbons (Fsp3) is 0.579. The summed E-state index contributed by atoms with van der Waals surface area (Å²) in [5.74, 6) is -0.415. The number of hydrogen-bond donors (Lipinski definition) is 6. The Kier molecular flexibility index (Phi) is 12.7. The maximum atomic E-state index is 12.6. The molecule has 0 fully saturated rings. The van der Waals surface area contributed by atoms with E-state index >= 15 is 0 Å². The molecule has 170 valence electrons. The van der Waals surface area contributed by atoms with Crippen LogP contribution in [-0.4, -0.2) is 59.1 Å². The molecular weight excluding hydrogens is 406 g/mol. The molecule has 0 aliphatic heterocycles. The van der Waals surface area contributed by atoms with Crippen LogP contribution in [0, 0.1) is 0 Å². The van der Waals surface area contributed by atoms with Crippen molar-refractivity contribution in [3.05, 3.63) is 30.3 Å². The molecule has 10 nitrogen and oxygen atoms in total. The first-order valence-electron chi connectivity index (χ1n) is 10.2. The average Bonchev–Trinajstić information content (AvgIpc) is 2.72. The van der Waals surface area contributed by atoms with E-state index in [1.165, 1.54) is 12.1 Å². The van der Waals surface area contributed by atoms with Crippen LogP contribution in [0.2, 0.25) is 0 Å². The van der Waals surface area contributed by atoms with Crippen LogP contribution in [0.15, 0.2) is 40.2 Å². The lowest BCUT2D eigenvalue weighted by Crippen LogP contribution is -2.47. The number of nitrogens with one attached hydrogen (secondary N) is 3. The van der Waals surface area contributed by atoms with Crippen molar-refractivity contribution in [2.24, 2.45) is 22.2 Å². The largest absolute Gasteiger partial charge is 0.370 e. The lowest BCUT2D eigenvalue weighted by molar-refractivity contribution is -0.122. The normalized spacial score (nSPS) is 12.3. The molecule has 1 aromatic rings. The second kappa shape index (κ2) is 14.7. The van der Waals surface area contributed by atoms with Gasteiger partial charge in [-0.1, -0.05) is 18.2 Å². The highest BCUT2D eigenvalue weighted by atomic mass is 32.2. The van der Waals surface area contributed by atoms with Crippen molar-refractivity contribution in [3.8, 4) is 0 Å². The molecule has 0 aromatic heterocycles. The molecule has 0 heterocycles. The maximum absolute atomic E-state index is 12.6. The third-order valence-corrected chi connectivity index (χ3v) is 5.74. The van der Waals surface area contributed by atoms with E-state index in [1.54, 1.807) is 18.2 Å². The van der Waals surface area contributed by atoms with Crippen LogP contribution in [0.1, 0.15) is 32.1 Å². The van der Waals surface area contributed by atoms with Gasteiger partial charge in [0.2, 0.25) is 15.9 Å². The molecule has 1 atom stereocenters. The van der Waals surface area contributed by atoms with Gasteiger partial charge in [-0.05, 0) is 63.9 Å². The van der Waals surface area contributed by atoms with Crippen LogP contribution in [-0.2, 0) is 14.8 Å². The number of nitrogens with two attached hydrogens (primary N) is 3. The van der Waals surface area contributed by atoms with Gasteiger partial charge in [-0.25, -0.2) is 8.42 Å². The van der Waals surface area contributed by atoms with E-state index in [9.17, 15) is 13.2 Å². The van der Waals surface area contributed by atoms with E-state index in [4.69, 9.17) is 17.2 Å². The molecule has 1 amide bonds. The molecule has 0 aliphatic carbocycles. The van der Waals surface area contributed by atoms with Gasteiger partial charge in [0.25, 0.3) is 0 Å². The van der Waals surface area contributed by atoms with Gasteiger partial charge in [-0.2, -0.15) is 4.72 Å². The number of aliphatic imine (C=N–C) groups is 1. The Morgan fingerprint density at radius 2 is 1.70 bits per heavy atom. The van der Waals surface area contributed by atoms with Gasteiger partial charge >= 0.3 is 0 Å². The van der Waals surface area contributed by atoms with Gasteiger partial charge in [-0.15, -0.1) is 0 Å². The zero-order valence-electron chi connectivity index (χ0n) is 17.3. The number of hydrogen-bond acceptors (Lipinski definition) is 6. The third kappa shape index (κ3) is 11.1. The van der Waals surface area contributed by atoms with Crippen LogP contribution in [0.3, 0.4) is 0 Å². The lowest BCUT2D eigenvalue weighted by Gasteiger charge is -2.18. The minimum Gasteiger partial charge on any atom is -0.370 e. The summed E-state index contributed by atoms with van der Waals surface area (Å²) in [5.41, 5.74) is 16.1. The first kappa shape index (κ1) is 25.8. The van der Waals surface area contributed by atoms with Crippen LogP contribution in [0.5, 0.6) is 0 Å². The van der Waals surface area contributed by atoms with Gasteiger partial charge in [0.1, 0.15) is 6.04 Å². The summed E-state index contributed by atoms with van der Waals surface area (Å²) >= 11 is 0. The molecular formula is C19H35N7O3S. The molecule has 0 saturated heterocycles. The molecule has 11 heteroatoms. The molecule has 0 saturated carbocycles. The van der Waals surface area contributed by atoms with E-state index in [0.29, 0.717) is 26.1 Å². The van der Waals surface area contributed by atoms with Crippen molar-refractivity contribution in [1.29, 1.82) is 0 Å². The number of nitrogens with zero attached hydrogens (tertiary/aromatic N) is 1. The summed E-state index contributed by atoms with van der Waals surface area (Å²) in [6, 6.07) is 7.02. The summed E-state index contributed by atoms with van der Waals surface area (Å²) in [6.45, 7) is 3.08. The summed E-state index contributed by atoms with van der Waals surface area (Å²) in [6.07, 6.45) is 3.46. The van der Waals surface area contributed by atoms with Crippen LogP contribution < -0.4 is 32.6 Å². The van der Waals surface area contributed by atoms with Crippen LogP contribution >= 0.6 is 0 Å². The minimum atomic E-state index is -3.82. The highest BCUT2D eigenvalue weighted by molar-refractivity contribution is 7.89. The van der Waals surface area contributed by atoms with Crippen LogP contribution in [0.25, 0.3) is 0 Å². The molecule has 0 aliphatic rings. The van der Waals surface area contributed by atoms with Crippen molar-refractivity contribution in [3.63, 3.8) is 0 Å². The van der Waals surface area contributed by atoms with E-state index in [-0.39, 0.29) is 23.2 Å². The van der Waals surface area contributed by atoms with Gasteiger partial charge < -0.3 is 27.8 Å². The number of amides is 1. The van der Waals surface area contributed by atoms with Crippen molar-refractivity contribution in [2.45, 2.75) is 43.0 Å². The third-order valence-electron chi connectivity index (χ3n) is 4.25. The fourth-order valence-corrected chi connectivity index (χ4v) is 3.92. The number of sulfonamides is 1. The smallest absolute Gasteiger partial charge is 0.241 e. The predicted octanol–water partition coefficient (Wildman–Crippen LogP) is -0.778. The second-order valence-electron chi connectivity index (χ2n) is 6.83. The number of carbonyl (C=O) groups excluding carboxylic acids is 1. The van der Waals surface area contributed by atoms with Crippen molar-refractivity contribution in [1.82, 2.24) is 15.4 Å². The number of rotatable bonds is 16. The van der Waals surface area contributed by atoms with Gasteiger partial charge in [-0.3, -0.25) is 9.79 Å². The maximum Gasteiger partial charge on any atom is 0.241 e. The molecule has 1 rings (SSSR count). The zero-order valence-corrected chi connectivity index (χ0v) is 18.2. The van der Waals surface area contributed by atoms with E-state index < -0.39 is 16.1 Å². The van der Waals surface area contributed by atoms with Crippen LogP contribution in [0.4, 0.5) is 0 Å². The number of benzene rings is 1.